The third-order valence-corrected chi connectivity index (χ3v) is 2.79. The predicted octanol–water partition coefficient (Wildman–Crippen LogP) is 3.39. The Morgan fingerprint density at radius 2 is 2.06 bits per heavy atom. The molecule has 0 fully saturated rings. The van der Waals surface area contributed by atoms with E-state index in [1.54, 1.807) is 18.5 Å². The minimum atomic E-state index is 0.677. The maximum Gasteiger partial charge on any atom is 0.139 e. The van der Waals surface area contributed by atoms with Crippen LogP contribution in [0.1, 0.15) is 5.56 Å². The second-order valence-electron chi connectivity index (χ2n) is 4.11. The van der Waals surface area contributed by atoms with Gasteiger partial charge in [0.15, 0.2) is 0 Å². The normalized spacial score (nSPS) is 10.9. The quantitative estimate of drug-likeness (QED) is 0.689. The van der Waals surface area contributed by atoms with Gasteiger partial charge in [-0.3, -0.25) is 4.98 Å². The largest absolute Gasteiger partial charge is 0.456 e. The molecule has 17 heavy (non-hydrogen) atoms. The van der Waals surface area contributed by atoms with E-state index in [-0.39, 0.29) is 0 Å². The van der Waals surface area contributed by atoms with Gasteiger partial charge in [0.25, 0.3) is 0 Å². The fourth-order valence-electron chi connectivity index (χ4n) is 1.91. The van der Waals surface area contributed by atoms with Crippen molar-refractivity contribution in [3.05, 3.63) is 48.3 Å². The summed E-state index contributed by atoms with van der Waals surface area (Å²) in [5, 5.41) is 1.09. The van der Waals surface area contributed by atoms with Gasteiger partial charge in [-0.1, -0.05) is 11.6 Å². The van der Waals surface area contributed by atoms with Gasteiger partial charge in [0, 0.05) is 23.5 Å². The highest BCUT2D eigenvalue weighted by Crippen LogP contribution is 2.30. The molecule has 84 valence electrons. The van der Waals surface area contributed by atoms with E-state index in [2.05, 4.69) is 18.0 Å². The van der Waals surface area contributed by atoms with Crippen molar-refractivity contribution in [1.29, 1.82) is 0 Å². The van der Waals surface area contributed by atoms with Gasteiger partial charge in [-0.15, -0.1) is 0 Å². The summed E-state index contributed by atoms with van der Waals surface area (Å²) in [5.41, 5.74) is 9.50. The van der Waals surface area contributed by atoms with Crippen LogP contribution in [0.3, 0.4) is 0 Å². The molecule has 2 heterocycles. The molecule has 3 nitrogen and oxygen atoms in total. The molecule has 0 atom stereocenters. The fourth-order valence-corrected chi connectivity index (χ4v) is 1.91. The fraction of sp³-hybridized carbons (Fsp3) is 0.0714. The molecule has 0 bridgehead atoms. The summed E-state index contributed by atoms with van der Waals surface area (Å²) in [5.74, 6) is 0.760. The van der Waals surface area contributed by atoms with Gasteiger partial charge in [-0.2, -0.15) is 0 Å². The molecule has 2 N–H and O–H groups in total. The minimum absolute atomic E-state index is 0.677. The van der Waals surface area contributed by atoms with Gasteiger partial charge in [0.2, 0.25) is 0 Å². The van der Waals surface area contributed by atoms with Crippen LogP contribution in [0.15, 0.2) is 47.1 Å². The number of nitrogens with two attached hydrogens (primary N) is 1. The first kappa shape index (κ1) is 9.90. The molecule has 0 aliphatic heterocycles. The van der Waals surface area contributed by atoms with Crippen molar-refractivity contribution in [2.24, 2.45) is 0 Å². The molecular formula is C14H12N2O. The molecule has 0 aliphatic carbocycles. The van der Waals surface area contributed by atoms with Crippen LogP contribution in [0.4, 0.5) is 5.69 Å². The Labute approximate surface area is 98.9 Å². The lowest BCUT2D eigenvalue weighted by atomic mass is 10.1. The Morgan fingerprint density at radius 3 is 2.88 bits per heavy atom. The summed E-state index contributed by atoms with van der Waals surface area (Å²) in [6.07, 6.45) is 3.39. The van der Waals surface area contributed by atoms with E-state index in [9.17, 15) is 0 Å². The number of nitrogen functional groups attached to an aromatic ring is 1. The van der Waals surface area contributed by atoms with Crippen molar-refractivity contribution >= 4 is 16.7 Å². The summed E-state index contributed by atoms with van der Waals surface area (Å²) >= 11 is 0. The monoisotopic (exact) mass is 224 g/mol. The van der Waals surface area contributed by atoms with E-state index >= 15 is 0 Å². The van der Waals surface area contributed by atoms with Gasteiger partial charge in [0.05, 0.1) is 5.56 Å². The Balaban J connectivity index is 2.22. The van der Waals surface area contributed by atoms with Crippen molar-refractivity contribution in [2.45, 2.75) is 6.92 Å². The Morgan fingerprint density at radius 1 is 1.18 bits per heavy atom. The molecule has 1 aromatic carbocycles. The molecule has 0 aliphatic rings. The molecule has 3 aromatic rings. The topological polar surface area (TPSA) is 52.0 Å². The number of hydrogen-bond donors (Lipinski definition) is 1. The minimum Gasteiger partial charge on any atom is -0.456 e. The number of hydrogen-bond acceptors (Lipinski definition) is 3. The number of anilines is 1. The maximum absolute atomic E-state index is 5.90. The standard InChI is InChI=1S/C14H12N2O/c1-9-2-3-13-10(6-9)7-14(17-13)11-8-16-5-4-12(11)15/h2-8H,1H3,(H2,15,16). The number of nitrogens with zero attached hydrogens (tertiary/aromatic N) is 1. The smallest absolute Gasteiger partial charge is 0.139 e. The van der Waals surface area contributed by atoms with Crippen LogP contribution in [-0.4, -0.2) is 4.98 Å². The highest BCUT2D eigenvalue weighted by Gasteiger charge is 2.08. The lowest BCUT2D eigenvalue weighted by Gasteiger charge is -1.99. The van der Waals surface area contributed by atoms with Crippen LogP contribution >= 0.6 is 0 Å². The van der Waals surface area contributed by atoms with E-state index < -0.39 is 0 Å². The van der Waals surface area contributed by atoms with Crippen LogP contribution in [0.5, 0.6) is 0 Å². The van der Waals surface area contributed by atoms with Gasteiger partial charge < -0.3 is 10.2 Å². The van der Waals surface area contributed by atoms with Crippen LogP contribution < -0.4 is 5.73 Å². The highest BCUT2D eigenvalue weighted by molar-refractivity contribution is 5.85. The molecule has 2 aromatic heterocycles. The Bertz CT molecular complexity index is 686. The molecule has 0 saturated carbocycles. The van der Waals surface area contributed by atoms with Crippen molar-refractivity contribution in [3.8, 4) is 11.3 Å². The maximum atomic E-state index is 5.90. The average molecular weight is 224 g/mol. The average Bonchev–Trinajstić information content (AvgIpc) is 2.72. The second-order valence-corrected chi connectivity index (χ2v) is 4.11. The van der Waals surface area contributed by atoms with Gasteiger partial charge >= 0.3 is 0 Å². The molecule has 3 heteroatoms. The van der Waals surface area contributed by atoms with Crippen molar-refractivity contribution in [3.63, 3.8) is 0 Å². The Hall–Kier alpha value is -2.29. The zero-order valence-electron chi connectivity index (χ0n) is 9.47. The van der Waals surface area contributed by atoms with Crippen molar-refractivity contribution in [1.82, 2.24) is 4.98 Å². The van der Waals surface area contributed by atoms with Gasteiger partial charge in [0.1, 0.15) is 11.3 Å². The SMILES string of the molecule is Cc1ccc2oc(-c3cnccc3N)cc2c1. The Kier molecular flexibility index (Phi) is 2.11. The van der Waals surface area contributed by atoms with Crippen molar-refractivity contribution < 1.29 is 4.42 Å². The summed E-state index contributed by atoms with van der Waals surface area (Å²) in [6, 6.07) is 9.86. The number of furan rings is 1. The van der Waals surface area contributed by atoms with Crippen LogP contribution in [0.25, 0.3) is 22.3 Å². The zero-order chi connectivity index (χ0) is 11.8. The predicted molar refractivity (Wildman–Crippen MR) is 68.6 cm³/mol. The number of aryl methyl sites for hydroxylation is 1. The molecule has 0 radical (unpaired) electrons. The summed E-state index contributed by atoms with van der Waals surface area (Å²) in [4.78, 5) is 4.07. The third kappa shape index (κ3) is 1.65. The summed E-state index contributed by atoms with van der Waals surface area (Å²) < 4.78 is 5.77. The van der Waals surface area contributed by atoms with Gasteiger partial charge in [-0.05, 0) is 31.2 Å². The zero-order valence-corrected chi connectivity index (χ0v) is 9.47. The molecular weight excluding hydrogens is 212 g/mol. The summed E-state index contributed by atoms with van der Waals surface area (Å²) in [7, 11) is 0. The lowest BCUT2D eigenvalue weighted by Crippen LogP contribution is -1.89. The van der Waals surface area contributed by atoms with Crippen LogP contribution in [0.2, 0.25) is 0 Å². The summed E-state index contributed by atoms with van der Waals surface area (Å²) in [6.45, 7) is 2.06. The number of benzene rings is 1. The van der Waals surface area contributed by atoms with E-state index in [1.165, 1.54) is 5.56 Å². The number of pyridine rings is 1. The molecule has 0 spiro atoms. The van der Waals surface area contributed by atoms with Gasteiger partial charge in [-0.25, -0.2) is 0 Å². The molecule has 3 rings (SSSR count). The molecule has 0 unspecified atom stereocenters. The number of aromatic nitrogens is 1. The molecule has 0 amide bonds. The molecule has 0 saturated heterocycles. The first-order valence-electron chi connectivity index (χ1n) is 5.44. The number of fused-ring (bicyclic) bond motifs is 1. The first-order chi connectivity index (χ1) is 8.24. The van der Waals surface area contributed by atoms with Crippen LogP contribution in [-0.2, 0) is 0 Å². The van der Waals surface area contributed by atoms with E-state index in [0.717, 1.165) is 22.3 Å². The lowest BCUT2D eigenvalue weighted by molar-refractivity contribution is 0.631. The van der Waals surface area contributed by atoms with Crippen LogP contribution in [0, 0.1) is 6.92 Å². The first-order valence-corrected chi connectivity index (χ1v) is 5.44. The second kappa shape index (κ2) is 3.63. The third-order valence-electron chi connectivity index (χ3n) is 2.79. The van der Waals surface area contributed by atoms with E-state index in [0.29, 0.717) is 5.69 Å². The van der Waals surface area contributed by atoms with E-state index in [1.807, 2.05) is 18.2 Å². The van der Waals surface area contributed by atoms with Crippen molar-refractivity contribution in [2.75, 3.05) is 5.73 Å². The van der Waals surface area contributed by atoms with E-state index in [4.69, 9.17) is 10.2 Å². The number of rotatable bonds is 1. The highest BCUT2D eigenvalue weighted by atomic mass is 16.3.